The summed E-state index contributed by atoms with van der Waals surface area (Å²) < 4.78 is 0. The normalized spacial score (nSPS) is 10.7. The van der Waals surface area contributed by atoms with Gasteiger partial charge in [0.2, 0.25) is 0 Å². The zero-order chi connectivity index (χ0) is 10.5. The van der Waals surface area contributed by atoms with Crippen LogP contribution in [0.5, 0.6) is 5.75 Å². The quantitative estimate of drug-likeness (QED) is 0.752. The molecule has 0 aliphatic rings. The van der Waals surface area contributed by atoms with E-state index in [1.807, 2.05) is 6.07 Å². The summed E-state index contributed by atoms with van der Waals surface area (Å²) in [6.45, 7) is 0. The first-order chi connectivity index (χ1) is 7.36. The number of hydrogen-bond donors (Lipinski definition) is 1. The summed E-state index contributed by atoms with van der Waals surface area (Å²) in [5, 5.41) is 9.46. The number of phenols is 1. The second-order valence-electron chi connectivity index (χ2n) is 2.88. The van der Waals surface area contributed by atoms with E-state index < -0.39 is 0 Å². The Hall–Kier alpha value is -2.23. The predicted molar refractivity (Wildman–Crippen MR) is 57.4 cm³/mol. The maximum Gasteiger partial charge on any atom is 0.170 e. The van der Waals surface area contributed by atoms with Crippen molar-refractivity contribution in [2.24, 2.45) is 4.99 Å². The highest BCUT2D eigenvalue weighted by Crippen LogP contribution is 2.14. The maximum atomic E-state index is 9.46. The summed E-state index contributed by atoms with van der Waals surface area (Å²) in [5.74, 6) is 0.714. The number of benzene rings is 1. The van der Waals surface area contributed by atoms with Crippen LogP contribution in [0.3, 0.4) is 0 Å². The van der Waals surface area contributed by atoms with E-state index >= 15 is 0 Å². The van der Waals surface area contributed by atoms with E-state index in [-0.39, 0.29) is 5.75 Å². The highest BCUT2D eigenvalue weighted by molar-refractivity contribution is 5.84. The van der Waals surface area contributed by atoms with Crippen LogP contribution in [0.2, 0.25) is 0 Å². The summed E-state index contributed by atoms with van der Waals surface area (Å²) in [4.78, 5) is 11.9. The molecule has 0 saturated carbocycles. The lowest BCUT2D eigenvalue weighted by atomic mass is 10.2. The lowest BCUT2D eigenvalue weighted by Crippen LogP contribution is -1.82. The second kappa shape index (κ2) is 4.32. The van der Waals surface area contributed by atoms with Gasteiger partial charge in [0.05, 0.1) is 6.20 Å². The molecule has 2 aromatic rings. The Kier molecular flexibility index (Phi) is 2.69. The Morgan fingerprint density at radius 1 is 1.20 bits per heavy atom. The van der Waals surface area contributed by atoms with Gasteiger partial charge in [-0.05, 0) is 12.1 Å². The summed E-state index contributed by atoms with van der Waals surface area (Å²) in [6, 6.07) is 6.97. The monoisotopic (exact) mass is 199 g/mol. The van der Waals surface area contributed by atoms with Crippen molar-refractivity contribution in [3.05, 3.63) is 48.4 Å². The molecule has 1 N–H and O–H groups in total. The molecule has 4 heteroatoms. The first-order valence-corrected chi connectivity index (χ1v) is 4.44. The standard InChI is InChI=1S/C11H9N3O/c15-10-4-2-1-3-9(10)7-14-11-8-12-5-6-13-11/h1-8,15H. The molecule has 1 aromatic carbocycles. The Balaban J connectivity index is 2.23. The molecular weight excluding hydrogens is 190 g/mol. The third-order valence-electron chi connectivity index (χ3n) is 1.82. The van der Waals surface area contributed by atoms with Crippen LogP contribution in [0.1, 0.15) is 5.56 Å². The van der Waals surface area contributed by atoms with E-state index in [9.17, 15) is 5.11 Å². The number of para-hydroxylation sites is 1. The molecule has 0 aliphatic heterocycles. The van der Waals surface area contributed by atoms with E-state index in [2.05, 4.69) is 15.0 Å². The molecule has 0 atom stereocenters. The lowest BCUT2D eigenvalue weighted by molar-refractivity contribution is 0.474. The van der Waals surface area contributed by atoms with Gasteiger partial charge in [-0.1, -0.05) is 12.1 Å². The topological polar surface area (TPSA) is 58.4 Å². The molecule has 0 fully saturated rings. The summed E-state index contributed by atoms with van der Waals surface area (Å²) in [5.41, 5.74) is 0.656. The van der Waals surface area contributed by atoms with Gasteiger partial charge < -0.3 is 5.11 Å². The molecule has 1 aromatic heterocycles. The lowest BCUT2D eigenvalue weighted by Gasteiger charge is -1.96. The largest absolute Gasteiger partial charge is 0.507 e. The fourth-order valence-corrected chi connectivity index (χ4v) is 1.09. The summed E-state index contributed by atoms with van der Waals surface area (Å²) in [6.07, 6.45) is 6.26. The van der Waals surface area contributed by atoms with Crippen LogP contribution in [-0.4, -0.2) is 21.3 Å². The van der Waals surface area contributed by atoms with Gasteiger partial charge in [-0.15, -0.1) is 0 Å². The van der Waals surface area contributed by atoms with Gasteiger partial charge in [-0.3, -0.25) is 4.98 Å². The van der Waals surface area contributed by atoms with E-state index in [1.54, 1.807) is 43.0 Å². The average Bonchev–Trinajstić information content (AvgIpc) is 2.29. The Bertz CT molecular complexity index is 468. The van der Waals surface area contributed by atoms with Crippen LogP contribution >= 0.6 is 0 Å². The van der Waals surface area contributed by atoms with Gasteiger partial charge in [-0.25, -0.2) is 9.98 Å². The number of phenolic OH excluding ortho intramolecular Hbond substituents is 1. The van der Waals surface area contributed by atoms with Gasteiger partial charge in [-0.2, -0.15) is 0 Å². The highest BCUT2D eigenvalue weighted by Gasteiger charge is 1.94. The average molecular weight is 199 g/mol. The molecule has 0 unspecified atom stereocenters. The van der Waals surface area contributed by atoms with E-state index in [0.29, 0.717) is 11.4 Å². The Labute approximate surface area is 87.0 Å². The minimum Gasteiger partial charge on any atom is -0.507 e. The van der Waals surface area contributed by atoms with Crippen molar-refractivity contribution in [3.8, 4) is 5.75 Å². The SMILES string of the molecule is Oc1ccccc1C=Nc1cnccn1. The zero-order valence-corrected chi connectivity index (χ0v) is 7.91. The van der Waals surface area contributed by atoms with E-state index in [1.165, 1.54) is 0 Å². The highest BCUT2D eigenvalue weighted by atomic mass is 16.3. The minimum atomic E-state index is 0.199. The van der Waals surface area contributed by atoms with Crippen molar-refractivity contribution in [3.63, 3.8) is 0 Å². The molecule has 2 rings (SSSR count). The van der Waals surface area contributed by atoms with Gasteiger partial charge >= 0.3 is 0 Å². The molecular formula is C11H9N3O. The second-order valence-corrected chi connectivity index (χ2v) is 2.88. The number of aliphatic imine (C=N–C) groups is 1. The Morgan fingerprint density at radius 3 is 2.80 bits per heavy atom. The molecule has 0 bridgehead atoms. The van der Waals surface area contributed by atoms with Crippen molar-refractivity contribution in [2.45, 2.75) is 0 Å². The molecule has 4 nitrogen and oxygen atoms in total. The number of hydrogen-bond acceptors (Lipinski definition) is 4. The molecule has 15 heavy (non-hydrogen) atoms. The van der Waals surface area contributed by atoms with Gasteiger partial charge in [0.25, 0.3) is 0 Å². The smallest absolute Gasteiger partial charge is 0.170 e. The first-order valence-electron chi connectivity index (χ1n) is 4.44. The molecule has 0 spiro atoms. The summed E-state index contributed by atoms with van der Waals surface area (Å²) in [7, 11) is 0. The van der Waals surface area contributed by atoms with Crippen LogP contribution in [0, 0.1) is 0 Å². The van der Waals surface area contributed by atoms with E-state index in [4.69, 9.17) is 0 Å². The number of nitrogens with zero attached hydrogens (tertiary/aromatic N) is 3. The molecule has 1 heterocycles. The van der Waals surface area contributed by atoms with Gasteiger partial charge in [0, 0.05) is 24.2 Å². The molecule has 0 amide bonds. The zero-order valence-electron chi connectivity index (χ0n) is 7.91. The fourth-order valence-electron chi connectivity index (χ4n) is 1.09. The van der Waals surface area contributed by atoms with Crippen LogP contribution in [-0.2, 0) is 0 Å². The number of aromatic hydroxyl groups is 1. The third kappa shape index (κ3) is 2.37. The van der Waals surface area contributed by atoms with Gasteiger partial charge in [0.1, 0.15) is 5.75 Å². The third-order valence-corrected chi connectivity index (χ3v) is 1.82. The van der Waals surface area contributed by atoms with E-state index in [0.717, 1.165) is 0 Å². The van der Waals surface area contributed by atoms with Crippen LogP contribution < -0.4 is 0 Å². The molecule has 0 radical (unpaired) electrons. The first kappa shape index (κ1) is 9.33. The van der Waals surface area contributed by atoms with Crippen molar-refractivity contribution in [2.75, 3.05) is 0 Å². The van der Waals surface area contributed by atoms with Crippen LogP contribution in [0.4, 0.5) is 5.82 Å². The van der Waals surface area contributed by atoms with Crippen molar-refractivity contribution >= 4 is 12.0 Å². The van der Waals surface area contributed by atoms with Crippen molar-refractivity contribution in [1.29, 1.82) is 0 Å². The van der Waals surface area contributed by atoms with Crippen molar-refractivity contribution < 1.29 is 5.11 Å². The van der Waals surface area contributed by atoms with Crippen LogP contribution in [0.15, 0.2) is 47.8 Å². The number of rotatable bonds is 2. The predicted octanol–water partition coefficient (Wildman–Crippen LogP) is 1.93. The molecule has 0 aliphatic carbocycles. The Morgan fingerprint density at radius 2 is 2.07 bits per heavy atom. The number of aromatic nitrogens is 2. The summed E-state index contributed by atoms with van der Waals surface area (Å²) >= 11 is 0. The minimum absolute atomic E-state index is 0.199. The van der Waals surface area contributed by atoms with Gasteiger partial charge in [0.15, 0.2) is 5.82 Å². The maximum absolute atomic E-state index is 9.46. The fraction of sp³-hybridized carbons (Fsp3) is 0. The molecule has 74 valence electrons. The van der Waals surface area contributed by atoms with Crippen LogP contribution in [0.25, 0.3) is 0 Å². The van der Waals surface area contributed by atoms with Crippen molar-refractivity contribution in [1.82, 2.24) is 9.97 Å². The molecule has 0 saturated heterocycles.